The number of aldehydes is 2. The Bertz CT molecular complexity index is 486. The Balaban J connectivity index is 2.60. The van der Waals surface area contributed by atoms with Crippen molar-refractivity contribution in [3.05, 3.63) is 34.2 Å². The first kappa shape index (κ1) is 8.88. The lowest BCUT2D eigenvalue weighted by molar-refractivity contribution is -0.109. The molecule has 0 aromatic heterocycles. The van der Waals surface area contributed by atoms with Crippen molar-refractivity contribution < 1.29 is 9.59 Å². The number of rotatable bonds is 2. The SMILES string of the molecule is O=Cc1ccc2c(c1)=CCC(C=O)C=2. The normalized spacial score (nSPS) is 18.7. The van der Waals surface area contributed by atoms with Crippen LogP contribution < -0.4 is 10.4 Å². The van der Waals surface area contributed by atoms with Gasteiger partial charge < -0.3 is 4.79 Å². The van der Waals surface area contributed by atoms with Crippen LogP contribution in [0.3, 0.4) is 0 Å². The third kappa shape index (κ3) is 1.51. The minimum Gasteiger partial charge on any atom is -0.303 e. The number of carbonyl (C=O) groups is 2. The quantitative estimate of drug-likeness (QED) is 0.622. The minimum atomic E-state index is -0.00965. The number of benzene rings is 1. The molecular formula is C12H10O2. The summed E-state index contributed by atoms with van der Waals surface area (Å²) in [5, 5.41) is 2.09. The summed E-state index contributed by atoms with van der Waals surface area (Å²) in [6.07, 6.45) is 6.46. The standard InChI is InChI=1S/C12H10O2/c13-7-9-1-3-11-6-10(8-14)2-4-12(11)5-9/h1,3-8,10H,2H2. The molecule has 2 heteroatoms. The first-order valence-corrected chi connectivity index (χ1v) is 4.56. The van der Waals surface area contributed by atoms with E-state index in [2.05, 4.69) is 0 Å². The van der Waals surface area contributed by atoms with Gasteiger partial charge in [0, 0.05) is 11.5 Å². The van der Waals surface area contributed by atoms with Crippen molar-refractivity contribution in [3.63, 3.8) is 0 Å². The van der Waals surface area contributed by atoms with E-state index >= 15 is 0 Å². The second-order valence-corrected chi connectivity index (χ2v) is 3.41. The van der Waals surface area contributed by atoms with Crippen molar-refractivity contribution in [2.45, 2.75) is 6.42 Å². The summed E-state index contributed by atoms with van der Waals surface area (Å²) in [5.74, 6) is -0.00965. The van der Waals surface area contributed by atoms with Gasteiger partial charge in [-0.15, -0.1) is 0 Å². The van der Waals surface area contributed by atoms with Crippen molar-refractivity contribution in [2.75, 3.05) is 0 Å². The summed E-state index contributed by atoms with van der Waals surface area (Å²) in [5.41, 5.74) is 0.679. The lowest BCUT2D eigenvalue weighted by Gasteiger charge is -2.06. The molecule has 0 radical (unpaired) electrons. The zero-order valence-corrected chi connectivity index (χ0v) is 7.64. The Kier molecular flexibility index (Phi) is 2.27. The van der Waals surface area contributed by atoms with Gasteiger partial charge in [0.2, 0.25) is 0 Å². The largest absolute Gasteiger partial charge is 0.303 e. The van der Waals surface area contributed by atoms with Gasteiger partial charge in [-0.05, 0) is 22.9 Å². The van der Waals surface area contributed by atoms with Gasteiger partial charge in [0.1, 0.15) is 12.6 Å². The van der Waals surface area contributed by atoms with E-state index in [4.69, 9.17) is 0 Å². The fourth-order valence-electron chi connectivity index (χ4n) is 1.65. The molecule has 14 heavy (non-hydrogen) atoms. The highest BCUT2D eigenvalue weighted by Gasteiger charge is 2.05. The first-order valence-electron chi connectivity index (χ1n) is 4.56. The van der Waals surface area contributed by atoms with E-state index < -0.39 is 0 Å². The highest BCUT2D eigenvalue weighted by Crippen LogP contribution is 2.04. The van der Waals surface area contributed by atoms with Gasteiger partial charge in [-0.2, -0.15) is 0 Å². The summed E-state index contributed by atoms with van der Waals surface area (Å²) in [4.78, 5) is 21.1. The fourth-order valence-corrected chi connectivity index (χ4v) is 1.65. The van der Waals surface area contributed by atoms with Crippen molar-refractivity contribution in [3.8, 4) is 0 Å². The van der Waals surface area contributed by atoms with Crippen molar-refractivity contribution >= 4 is 24.7 Å². The Labute approximate surface area is 81.6 Å². The van der Waals surface area contributed by atoms with E-state index in [1.54, 1.807) is 6.07 Å². The number of carbonyl (C=O) groups excluding carboxylic acids is 2. The maximum absolute atomic E-state index is 10.6. The Morgan fingerprint density at radius 3 is 2.79 bits per heavy atom. The molecule has 70 valence electrons. The van der Waals surface area contributed by atoms with Gasteiger partial charge in [-0.1, -0.05) is 24.3 Å². The molecular weight excluding hydrogens is 176 g/mol. The monoisotopic (exact) mass is 186 g/mol. The Hall–Kier alpha value is -1.70. The molecule has 0 saturated carbocycles. The van der Waals surface area contributed by atoms with Gasteiger partial charge in [0.25, 0.3) is 0 Å². The van der Waals surface area contributed by atoms with E-state index in [-0.39, 0.29) is 5.92 Å². The molecule has 2 nitrogen and oxygen atoms in total. The third-order valence-electron chi connectivity index (χ3n) is 2.43. The van der Waals surface area contributed by atoms with Crippen LogP contribution in [0, 0.1) is 5.92 Å². The maximum Gasteiger partial charge on any atom is 0.150 e. The van der Waals surface area contributed by atoms with Crippen LogP contribution in [0.25, 0.3) is 12.2 Å². The molecule has 0 aliphatic heterocycles. The smallest absolute Gasteiger partial charge is 0.150 e. The van der Waals surface area contributed by atoms with Crippen LogP contribution in [0.4, 0.5) is 0 Å². The van der Waals surface area contributed by atoms with E-state index in [0.717, 1.165) is 29.4 Å². The molecule has 0 fully saturated rings. The molecule has 0 saturated heterocycles. The molecule has 1 aliphatic rings. The first-order chi connectivity index (χ1) is 6.83. The molecule has 1 aliphatic carbocycles. The van der Waals surface area contributed by atoms with Crippen LogP contribution in [0.15, 0.2) is 18.2 Å². The zero-order valence-electron chi connectivity index (χ0n) is 7.64. The van der Waals surface area contributed by atoms with Gasteiger partial charge >= 0.3 is 0 Å². The lowest BCUT2D eigenvalue weighted by Crippen LogP contribution is -2.29. The van der Waals surface area contributed by atoms with Crippen LogP contribution in [-0.2, 0) is 4.79 Å². The molecule has 0 N–H and O–H groups in total. The molecule has 0 amide bonds. The molecule has 1 aromatic rings. The summed E-state index contributed by atoms with van der Waals surface area (Å²) >= 11 is 0. The predicted molar refractivity (Wildman–Crippen MR) is 54.2 cm³/mol. The topological polar surface area (TPSA) is 34.1 Å². The van der Waals surface area contributed by atoms with Gasteiger partial charge in [-0.3, -0.25) is 4.79 Å². The van der Waals surface area contributed by atoms with Crippen LogP contribution in [0.2, 0.25) is 0 Å². The summed E-state index contributed by atoms with van der Waals surface area (Å²) in [6.45, 7) is 0. The maximum atomic E-state index is 10.6. The molecule has 1 atom stereocenters. The Morgan fingerprint density at radius 2 is 2.07 bits per heavy atom. The molecule has 2 rings (SSSR count). The van der Waals surface area contributed by atoms with Crippen molar-refractivity contribution in [2.24, 2.45) is 5.92 Å². The zero-order chi connectivity index (χ0) is 9.97. The van der Waals surface area contributed by atoms with Crippen molar-refractivity contribution in [1.29, 1.82) is 0 Å². The Morgan fingerprint density at radius 1 is 1.21 bits per heavy atom. The average Bonchev–Trinajstić information content (AvgIpc) is 2.27. The molecule has 0 bridgehead atoms. The van der Waals surface area contributed by atoms with Gasteiger partial charge in [0.15, 0.2) is 0 Å². The molecule has 0 spiro atoms. The van der Waals surface area contributed by atoms with Crippen LogP contribution in [0.5, 0.6) is 0 Å². The second kappa shape index (κ2) is 3.58. The van der Waals surface area contributed by atoms with Crippen LogP contribution in [0.1, 0.15) is 16.8 Å². The van der Waals surface area contributed by atoms with Gasteiger partial charge in [0.05, 0.1) is 0 Å². The summed E-state index contributed by atoms with van der Waals surface area (Å²) < 4.78 is 0. The number of hydrogen-bond acceptors (Lipinski definition) is 2. The van der Waals surface area contributed by atoms with E-state index in [1.807, 2.05) is 24.3 Å². The summed E-state index contributed by atoms with van der Waals surface area (Å²) in [6, 6.07) is 5.49. The van der Waals surface area contributed by atoms with Crippen LogP contribution >= 0.6 is 0 Å². The highest BCUT2D eigenvalue weighted by atomic mass is 16.1. The minimum absolute atomic E-state index is 0.00965. The number of fused-ring (bicyclic) bond motifs is 1. The van der Waals surface area contributed by atoms with E-state index in [1.165, 1.54) is 0 Å². The number of hydrogen-bond donors (Lipinski definition) is 0. The second-order valence-electron chi connectivity index (χ2n) is 3.41. The van der Waals surface area contributed by atoms with Crippen LogP contribution in [-0.4, -0.2) is 12.6 Å². The molecule has 1 unspecified atom stereocenters. The van der Waals surface area contributed by atoms with E-state index in [9.17, 15) is 9.59 Å². The summed E-state index contributed by atoms with van der Waals surface area (Å²) in [7, 11) is 0. The van der Waals surface area contributed by atoms with E-state index in [0.29, 0.717) is 5.56 Å². The van der Waals surface area contributed by atoms with Crippen molar-refractivity contribution in [1.82, 2.24) is 0 Å². The molecule has 0 heterocycles. The van der Waals surface area contributed by atoms with Gasteiger partial charge in [-0.25, -0.2) is 0 Å². The lowest BCUT2D eigenvalue weighted by atomic mass is 9.98. The fraction of sp³-hybridized carbons (Fsp3) is 0.167. The predicted octanol–water partition coefficient (Wildman–Crippen LogP) is 0.279. The average molecular weight is 186 g/mol. The molecule has 1 aromatic carbocycles. The highest BCUT2D eigenvalue weighted by molar-refractivity contribution is 5.75. The third-order valence-corrected chi connectivity index (χ3v) is 2.43.